The van der Waals surface area contributed by atoms with E-state index in [0.717, 1.165) is 17.7 Å². The summed E-state index contributed by atoms with van der Waals surface area (Å²) in [6.07, 6.45) is 0. The first-order chi connectivity index (χ1) is 14.3. The highest BCUT2D eigenvalue weighted by Gasteiger charge is 2.41. The van der Waals surface area contributed by atoms with Crippen LogP contribution in [0.3, 0.4) is 0 Å². The summed E-state index contributed by atoms with van der Waals surface area (Å²) in [7, 11) is 1.68. The van der Waals surface area contributed by atoms with Gasteiger partial charge in [0.2, 0.25) is 5.91 Å². The lowest BCUT2D eigenvalue weighted by molar-refractivity contribution is -0.118. The van der Waals surface area contributed by atoms with Crippen LogP contribution in [-0.2, 0) is 11.8 Å². The molecule has 2 amide bonds. The van der Waals surface area contributed by atoms with Gasteiger partial charge in [-0.05, 0) is 43.7 Å². The fraction of sp³-hybridized carbons (Fsp3) is 0.227. The maximum absolute atomic E-state index is 14.0. The summed E-state index contributed by atoms with van der Waals surface area (Å²) in [5.74, 6) is -3.16. The van der Waals surface area contributed by atoms with Crippen molar-refractivity contribution in [2.24, 2.45) is 7.05 Å². The number of nitrogens with zero attached hydrogens (tertiary/aromatic N) is 2. The number of aryl methyl sites for hydroxylation is 3. The van der Waals surface area contributed by atoms with E-state index in [4.69, 9.17) is 0 Å². The number of aromatic nitrogens is 2. The molecular weight excluding hydrogens is 390 g/mol. The van der Waals surface area contributed by atoms with Crippen molar-refractivity contribution in [2.75, 3.05) is 5.32 Å². The molecule has 4 rings (SSSR count). The topological polar surface area (TPSA) is 76.0 Å². The number of hydrogen-bond donors (Lipinski definition) is 2. The van der Waals surface area contributed by atoms with Gasteiger partial charge in [-0.1, -0.05) is 23.8 Å². The predicted octanol–water partition coefficient (Wildman–Crippen LogP) is 3.20. The van der Waals surface area contributed by atoms with Crippen LogP contribution < -0.4 is 10.6 Å². The van der Waals surface area contributed by atoms with E-state index < -0.39 is 35.4 Å². The molecule has 0 spiro atoms. The molecule has 2 atom stereocenters. The Labute approximate surface area is 171 Å². The number of hydrogen-bond acceptors (Lipinski definition) is 3. The second kappa shape index (κ2) is 7.37. The van der Waals surface area contributed by atoms with Gasteiger partial charge in [0.15, 0.2) is 11.6 Å². The summed E-state index contributed by atoms with van der Waals surface area (Å²) in [5.41, 5.74) is 2.95. The third kappa shape index (κ3) is 3.34. The molecule has 1 aliphatic rings. The zero-order chi connectivity index (χ0) is 21.6. The van der Waals surface area contributed by atoms with Crippen LogP contribution in [0, 0.1) is 25.5 Å². The van der Waals surface area contributed by atoms with E-state index >= 15 is 0 Å². The van der Waals surface area contributed by atoms with Crippen LogP contribution in [0.4, 0.5) is 14.6 Å². The molecular formula is C22H20F2N4O2. The van der Waals surface area contributed by atoms with E-state index in [-0.39, 0.29) is 0 Å². The van der Waals surface area contributed by atoms with Crippen molar-refractivity contribution in [3.63, 3.8) is 0 Å². The van der Waals surface area contributed by atoms with Crippen molar-refractivity contribution in [1.82, 2.24) is 15.1 Å². The number of amides is 2. The number of benzene rings is 2. The highest BCUT2D eigenvalue weighted by molar-refractivity contribution is 6.03. The summed E-state index contributed by atoms with van der Waals surface area (Å²) in [6, 6.07) is 9.44. The van der Waals surface area contributed by atoms with Gasteiger partial charge >= 0.3 is 0 Å². The van der Waals surface area contributed by atoms with Crippen molar-refractivity contribution in [3.05, 3.63) is 82.0 Å². The summed E-state index contributed by atoms with van der Waals surface area (Å²) in [4.78, 5) is 25.8. The van der Waals surface area contributed by atoms with Crippen molar-refractivity contribution in [3.8, 4) is 0 Å². The Morgan fingerprint density at radius 3 is 2.60 bits per heavy atom. The Morgan fingerprint density at radius 2 is 1.90 bits per heavy atom. The zero-order valence-electron chi connectivity index (χ0n) is 16.7. The van der Waals surface area contributed by atoms with Gasteiger partial charge in [-0.15, -0.1) is 0 Å². The van der Waals surface area contributed by atoms with Crippen LogP contribution in [0.25, 0.3) is 0 Å². The highest BCUT2D eigenvalue weighted by Crippen LogP contribution is 2.39. The summed E-state index contributed by atoms with van der Waals surface area (Å²) in [5, 5.41) is 9.89. The first-order valence-electron chi connectivity index (χ1n) is 9.43. The minimum absolute atomic E-state index is 0.371. The Morgan fingerprint density at radius 1 is 1.13 bits per heavy atom. The first kappa shape index (κ1) is 19.8. The molecule has 2 aromatic carbocycles. The van der Waals surface area contributed by atoms with Crippen molar-refractivity contribution in [1.29, 1.82) is 0 Å². The number of halogens is 2. The fourth-order valence-corrected chi connectivity index (χ4v) is 3.93. The molecule has 0 fully saturated rings. The molecule has 0 saturated carbocycles. The molecule has 3 aromatic rings. The van der Waals surface area contributed by atoms with Crippen LogP contribution in [0.15, 0.2) is 42.5 Å². The van der Waals surface area contributed by atoms with E-state index in [1.165, 1.54) is 10.7 Å². The Balaban J connectivity index is 1.80. The monoisotopic (exact) mass is 410 g/mol. The molecule has 1 aliphatic heterocycles. The minimum atomic E-state index is -1.03. The van der Waals surface area contributed by atoms with E-state index in [1.807, 2.05) is 13.0 Å². The number of anilines is 1. The van der Waals surface area contributed by atoms with Gasteiger partial charge in [0.1, 0.15) is 11.9 Å². The quantitative estimate of drug-likeness (QED) is 0.696. The number of nitrogens with one attached hydrogen (secondary N) is 2. The summed E-state index contributed by atoms with van der Waals surface area (Å²) >= 11 is 0. The Hall–Kier alpha value is -3.55. The lowest BCUT2D eigenvalue weighted by atomic mass is 9.81. The molecule has 0 aliphatic carbocycles. The molecule has 2 N–H and O–H groups in total. The molecule has 0 saturated heterocycles. The van der Waals surface area contributed by atoms with Crippen LogP contribution >= 0.6 is 0 Å². The third-order valence-electron chi connectivity index (χ3n) is 5.31. The van der Waals surface area contributed by atoms with Gasteiger partial charge in [0, 0.05) is 24.1 Å². The first-order valence-corrected chi connectivity index (χ1v) is 9.43. The molecule has 1 aromatic heterocycles. The fourth-order valence-electron chi connectivity index (χ4n) is 3.93. The number of fused-ring (bicyclic) bond motifs is 1. The molecule has 154 valence electrons. The molecule has 8 heteroatoms. The summed E-state index contributed by atoms with van der Waals surface area (Å²) in [6.45, 7) is 3.63. The summed E-state index contributed by atoms with van der Waals surface area (Å²) < 4.78 is 29.1. The van der Waals surface area contributed by atoms with Gasteiger partial charge in [-0.2, -0.15) is 5.10 Å². The molecule has 0 bridgehead atoms. The molecule has 0 unspecified atom stereocenters. The standard InChI is InChI=1S/C22H20F2N4O2/c1-11-5-4-6-14(9-11)21(29)25-19-18(13-7-8-15(23)16(24)10-13)17-12(2)27-28(3)20(17)26-22(19)30/h4-10,18-19H,1-3H3,(H,25,29)(H,26,30)/t18-,19-/m0/s1. The van der Waals surface area contributed by atoms with Gasteiger partial charge < -0.3 is 10.6 Å². The predicted molar refractivity (Wildman–Crippen MR) is 107 cm³/mol. The zero-order valence-corrected chi connectivity index (χ0v) is 16.7. The SMILES string of the molecule is Cc1cccc(C(=O)N[C@@H]2C(=O)Nc3c(c(C)nn3C)[C@@H]2c2ccc(F)c(F)c2)c1. The largest absolute Gasteiger partial charge is 0.339 e. The second-order valence-corrected chi connectivity index (χ2v) is 7.43. The Kier molecular flexibility index (Phi) is 4.85. The molecule has 0 radical (unpaired) electrons. The van der Waals surface area contributed by atoms with E-state index in [0.29, 0.717) is 28.2 Å². The smallest absolute Gasteiger partial charge is 0.251 e. The third-order valence-corrected chi connectivity index (χ3v) is 5.31. The normalized spacial score (nSPS) is 18.0. The Bertz CT molecular complexity index is 1170. The lowest BCUT2D eigenvalue weighted by Crippen LogP contribution is -2.50. The molecule has 6 nitrogen and oxygen atoms in total. The van der Waals surface area contributed by atoms with Crippen LogP contribution in [0.5, 0.6) is 0 Å². The van der Waals surface area contributed by atoms with Crippen LogP contribution in [0.2, 0.25) is 0 Å². The number of carbonyl (C=O) groups excluding carboxylic acids is 2. The van der Waals surface area contributed by atoms with Gasteiger partial charge in [0.25, 0.3) is 5.91 Å². The maximum Gasteiger partial charge on any atom is 0.251 e. The number of carbonyl (C=O) groups is 2. The van der Waals surface area contributed by atoms with Crippen LogP contribution in [0.1, 0.15) is 38.7 Å². The van der Waals surface area contributed by atoms with Crippen molar-refractivity contribution >= 4 is 17.6 Å². The van der Waals surface area contributed by atoms with Gasteiger partial charge in [-0.25, -0.2) is 8.78 Å². The maximum atomic E-state index is 14.0. The number of rotatable bonds is 3. The van der Waals surface area contributed by atoms with Gasteiger partial charge in [0.05, 0.1) is 5.69 Å². The van der Waals surface area contributed by atoms with Gasteiger partial charge in [-0.3, -0.25) is 14.3 Å². The van der Waals surface area contributed by atoms with E-state index in [1.54, 1.807) is 32.2 Å². The van der Waals surface area contributed by atoms with E-state index in [9.17, 15) is 18.4 Å². The van der Waals surface area contributed by atoms with Crippen molar-refractivity contribution in [2.45, 2.75) is 25.8 Å². The average molecular weight is 410 g/mol. The molecule has 30 heavy (non-hydrogen) atoms. The van der Waals surface area contributed by atoms with Crippen molar-refractivity contribution < 1.29 is 18.4 Å². The van der Waals surface area contributed by atoms with Crippen LogP contribution in [-0.4, -0.2) is 27.6 Å². The second-order valence-electron chi connectivity index (χ2n) is 7.43. The lowest BCUT2D eigenvalue weighted by Gasteiger charge is -2.32. The minimum Gasteiger partial charge on any atom is -0.339 e. The van der Waals surface area contributed by atoms with E-state index in [2.05, 4.69) is 15.7 Å². The highest BCUT2D eigenvalue weighted by atomic mass is 19.2. The average Bonchev–Trinajstić information content (AvgIpc) is 2.98. The molecule has 2 heterocycles.